The summed E-state index contributed by atoms with van der Waals surface area (Å²) >= 11 is 4.07. The molecule has 0 saturated carbocycles. The standard InChI is InChI=1S/C21H21N4O3S/c1-24(20(27)16(22)13-29)19-21(28)25(11-12-26)17-10-6-5-9-15(17)18(23-19)14-7-3-2-4-8-14/h2-10,16,19,29H,11,13,22H2,1H3/t16-,19?/m1/s1. The minimum absolute atomic E-state index is 0.130. The quantitative estimate of drug-likeness (QED) is 0.697. The van der Waals surface area contributed by atoms with E-state index in [-0.39, 0.29) is 12.3 Å². The van der Waals surface area contributed by atoms with Crippen LogP contribution in [-0.4, -0.2) is 60.3 Å². The number of nitrogens with zero attached hydrogens (tertiary/aromatic N) is 3. The monoisotopic (exact) mass is 409 g/mol. The molecule has 1 aliphatic rings. The maximum absolute atomic E-state index is 13.3. The van der Waals surface area contributed by atoms with E-state index in [0.717, 1.165) is 5.56 Å². The van der Waals surface area contributed by atoms with E-state index in [1.807, 2.05) is 42.5 Å². The molecule has 1 aliphatic heterocycles. The van der Waals surface area contributed by atoms with E-state index in [9.17, 15) is 14.4 Å². The Hall–Kier alpha value is -2.97. The number of carbonyl (C=O) groups is 2. The minimum Gasteiger partial charge on any atom is -0.319 e. The molecule has 29 heavy (non-hydrogen) atoms. The highest BCUT2D eigenvalue weighted by Crippen LogP contribution is 2.29. The molecule has 0 spiro atoms. The average Bonchev–Trinajstić information content (AvgIpc) is 2.88. The lowest BCUT2D eigenvalue weighted by molar-refractivity contribution is -0.138. The Labute approximate surface area is 174 Å². The van der Waals surface area contributed by atoms with Crippen molar-refractivity contribution in [2.24, 2.45) is 10.7 Å². The summed E-state index contributed by atoms with van der Waals surface area (Å²) in [7, 11) is 1.47. The zero-order chi connectivity index (χ0) is 21.0. The third kappa shape index (κ3) is 4.08. The van der Waals surface area contributed by atoms with Crippen LogP contribution in [0.4, 0.5) is 5.69 Å². The van der Waals surface area contributed by atoms with Gasteiger partial charge >= 0.3 is 0 Å². The van der Waals surface area contributed by atoms with Crippen LogP contribution in [0.15, 0.2) is 59.6 Å². The highest BCUT2D eigenvalue weighted by atomic mass is 32.1. The van der Waals surface area contributed by atoms with Crippen LogP contribution in [-0.2, 0) is 14.4 Å². The third-order valence-electron chi connectivity index (χ3n) is 4.69. The number of rotatable bonds is 6. The molecule has 2 aromatic rings. The van der Waals surface area contributed by atoms with Crippen LogP contribution in [0.3, 0.4) is 0 Å². The number of likely N-dealkylation sites (N-methyl/N-ethyl adjacent to an activating group) is 1. The van der Waals surface area contributed by atoms with Gasteiger partial charge in [0.25, 0.3) is 5.91 Å². The van der Waals surface area contributed by atoms with Crippen molar-refractivity contribution in [3.05, 3.63) is 65.7 Å². The number of aliphatic imine (C=N–C) groups is 1. The molecule has 2 atom stereocenters. The van der Waals surface area contributed by atoms with Gasteiger partial charge in [-0.15, -0.1) is 0 Å². The molecule has 2 N–H and O–H groups in total. The van der Waals surface area contributed by atoms with Crippen molar-refractivity contribution in [3.8, 4) is 0 Å². The van der Waals surface area contributed by atoms with E-state index in [4.69, 9.17) is 5.73 Å². The molecule has 2 amide bonds. The molecule has 0 aromatic heterocycles. The first-order chi connectivity index (χ1) is 14.0. The molecule has 2 aromatic carbocycles. The van der Waals surface area contributed by atoms with Gasteiger partial charge in [0.05, 0.1) is 24.0 Å². The van der Waals surface area contributed by atoms with Crippen molar-refractivity contribution in [1.82, 2.24) is 4.90 Å². The first-order valence-corrected chi connectivity index (χ1v) is 9.65. The van der Waals surface area contributed by atoms with E-state index in [0.29, 0.717) is 17.0 Å². The van der Waals surface area contributed by atoms with Gasteiger partial charge in [-0.25, -0.2) is 4.99 Å². The summed E-state index contributed by atoms with van der Waals surface area (Å²) < 4.78 is 0. The van der Waals surface area contributed by atoms with Gasteiger partial charge in [-0.3, -0.25) is 14.4 Å². The summed E-state index contributed by atoms with van der Waals surface area (Å²) in [5, 5.41) is 0. The van der Waals surface area contributed by atoms with Crippen LogP contribution in [0, 0.1) is 0 Å². The predicted octanol–water partition coefficient (Wildman–Crippen LogP) is 1.02. The molecule has 7 nitrogen and oxygen atoms in total. The molecular formula is C21H21N4O3S. The number of hydrogen-bond acceptors (Lipinski definition) is 6. The van der Waals surface area contributed by atoms with Gasteiger partial charge in [0, 0.05) is 23.9 Å². The predicted molar refractivity (Wildman–Crippen MR) is 115 cm³/mol. The lowest BCUT2D eigenvalue weighted by Crippen LogP contribution is -2.53. The summed E-state index contributed by atoms with van der Waals surface area (Å²) in [6.07, 6.45) is 0.601. The van der Waals surface area contributed by atoms with Gasteiger partial charge in [-0.05, 0) is 6.07 Å². The fourth-order valence-corrected chi connectivity index (χ4v) is 3.34. The van der Waals surface area contributed by atoms with Crippen molar-refractivity contribution in [1.29, 1.82) is 0 Å². The number of carbonyl (C=O) groups excluding carboxylic acids is 3. The minimum atomic E-state index is -1.18. The highest BCUT2D eigenvalue weighted by molar-refractivity contribution is 7.80. The number of benzene rings is 2. The molecular weight excluding hydrogens is 388 g/mol. The normalized spacial score (nSPS) is 17.1. The van der Waals surface area contributed by atoms with E-state index in [1.54, 1.807) is 18.4 Å². The molecule has 1 heterocycles. The zero-order valence-electron chi connectivity index (χ0n) is 15.9. The Morgan fingerprint density at radius 2 is 1.90 bits per heavy atom. The van der Waals surface area contributed by atoms with Crippen molar-refractivity contribution in [2.45, 2.75) is 12.2 Å². The molecule has 0 bridgehead atoms. The van der Waals surface area contributed by atoms with Gasteiger partial charge < -0.3 is 15.5 Å². The summed E-state index contributed by atoms with van der Waals surface area (Å²) in [4.78, 5) is 44.3. The van der Waals surface area contributed by atoms with Crippen molar-refractivity contribution >= 4 is 42.1 Å². The topological polar surface area (TPSA) is 96.1 Å². The summed E-state index contributed by atoms with van der Waals surface area (Å²) in [6.45, 7) is -0.273. The Morgan fingerprint density at radius 3 is 2.55 bits per heavy atom. The Bertz CT molecular complexity index is 948. The number of thiol groups is 1. The van der Waals surface area contributed by atoms with E-state index in [1.165, 1.54) is 16.8 Å². The largest absolute Gasteiger partial charge is 0.319 e. The number of benzodiazepines with no additional fused rings is 1. The Kier molecular flexibility index (Phi) is 6.46. The second kappa shape index (κ2) is 9.02. The molecule has 0 aliphatic carbocycles. The number of amides is 2. The number of hydrogen-bond donors (Lipinski definition) is 2. The van der Waals surface area contributed by atoms with Gasteiger partial charge in [0.15, 0.2) is 0 Å². The van der Waals surface area contributed by atoms with Crippen LogP contribution in [0.2, 0.25) is 0 Å². The second-order valence-electron chi connectivity index (χ2n) is 6.54. The number of fused-ring (bicyclic) bond motifs is 1. The summed E-state index contributed by atoms with van der Waals surface area (Å²) in [5.41, 5.74) is 8.38. The maximum Gasteiger partial charge on any atom is 0.272 e. The maximum atomic E-state index is 13.3. The van der Waals surface area contributed by atoms with Gasteiger partial charge in [0.1, 0.15) is 0 Å². The van der Waals surface area contributed by atoms with Crippen molar-refractivity contribution < 1.29 is 14.4 Å². The summed E-state index contributed by atoms with van der Waals surface area (Å²) in [5.74, 6) is -0.838. The molecule has 3 rings (SSSR count). The van der Waals surface area contributed by atoms with E-state index < -0.39 is 24.0 Å². The molecule has 0 saturated heterocycles. The fourth-order valence-electron chi connectivity index (χ4n) is 3.18. The smallest absolute Gasteiger partial charge is 0.272 e. The van der Waals surface area contributed by atoms with Gasteiger partial charge in [-0.1, -0.05) is 48.5 Å². The third-order valence-corrected chi connectivity index (χ3v) is 5.08. The fraction of sp³-hybridized carbons (Fsp3) is 0.238. The summed E-state index contributed by atoms with van der Waals surface area (Å²) in [6, 6.07) is 15.7. The molecule has 8 heteroatoms. The average molecular weight is 409 g/mol. The Balaban J connectivity index is 2.20. The van der Waals surface area contributed by atoms with Crippen molar-refractivity contribution in [3.63, 3.8) is 0 Å². The first kappa shape index (κ1) is 20.8. The van der Waals surface area contributed by atoms with E-state index >= 15 is 0 Å². The highest BCUT2D eigenvalue weighted by Gasteiger charge is 2.36. The van der Waals surface area contributed by atoms with Gasteiger partial charge in [0.2, 0.25) is 18.4 Å². The number of para-hydroxylation sites is 1. The van der Waals surface area contributed by atoms with E-state index in [2.05, 4.69) is 17.6 Å². The lowest BCUT2D eigenvalue weighted by atomic mass is 10.0. The molecule has 1 radical (unpaired) electrons. The van der Waals surface area contributed by atoms with Crippen LogP contribution in [0.1, 0.15) is 11.1 Å². The molecule has 0 fully saturated rings. The van der Waals surface area contributed by atoms with Crippen LogP contribution in [0.5, 0.6) is 0 Å². The zero-order valence-corrected chi connectivity index (χ0v) is 16.8. The SMILES string of the molecule is CN(C(=O)[C@H](N)CS)C1N=C(c2ccccc2)c2ccccc2N(C[C]=O)C1=O. The molecule has 1 unspecified atom stereocenters. The first-order valence-electron chi connectivity index (χ1n) is 9.01. The van der Waals surface area contributed by atoms with Crippen LogP contribution < -0.4 is 10.6 Å². The van der Waals surface area contributed by atoms with Crippen LogP contribution in [0.25, 0.3) is 0 Å². The molecule has 149 valence electrons. The number of nitrogens with two attached hydrogens (primary N) is 1. The second-order valence-corrected chi connectivity index (χ2v) is 6.91. The lowest BCUT2D eigenvalue weighted by Gasteiger charge is -2.29. The number of anilines is 1. The van der Waals surface area contributed by atoms with Gasteiger partial charge in [-0.2, -0.15) is 12.6 Å². The van der Waals surface area contributed by atoms with Crippen LogP contribution >= 0.6 is 12.6 Å². The van der Waals surface area contributed by atoms with Crippen molar-refractivity contribution in [2.75, 3.05) is 24.2 Å². The Morgan fingerprint density at radius 1 is 1.24 bits per heavy atom.